The van der Waals surface area contributed by atoms with E-state index in [1.54, 1.807) is 4.52 Å². The molecule has 0 aromatic carbocycles. The molecule has 0 saturated heterocycles. The summed E-state index contributed by atoms with van der Waals surface area (Å²) >= 11 is 0. The van der Waals surface area contributed by atoms with Crippen LogP contribution in [0.1, 0.15) is 13.3 Å². The average molecular weight is 191 g/mol. The molecule has 2 rings (SSSR count). The van der Waals surface area contributed by atoms with Gasteiger partial charge in [-0.2, -0.15) is 5.10 Å². The molecule has 0 aliphatic carbocycles. The molecule has 2 aromatic rings. The summed E-state index contributed by atoms with van der Waals surface area (Å²) in [5.41, 5.74) is 6.52. The monoisotopic (exact) mass is 191 g/mol. The highest BCUT2D eigenvalue weighted by molar-refractivity contribution is 5.63. The van der Waals surface area contributed by atoms with E-state index in [-0.39, 0.29) is 0 Å². The number of ether oxygens (including phenoxy) is 1. The van der Waals surface area contributed by atoms with E-state index in [1.807, 2.05) is 24.4 Å². The summed E-state index contributed by atoms with van der Waals surface area (Å²) in [4.78, 5) is 0. The Morgan fingerprint density at radius 1 is 1.57 bits per heavy atom. The largest absolute Gasteiger partial charge is 0.491 e. The molecule has 0 aliphatic heterocycles. The lowest BCUT2D eigenvalue weighted by molar-refractivity contribution is 0.320. The maximum atomic E-state index is 5.60. The standard InChI is InChI=1S/C10H13N3O/c1-2-6-14-9-4-3-5-13-8(9)7-10(11)12-13/h3-5,7H,2,6H2,1H3,(H2,11,12). The van der Waals surface area contributed by atoms with E-state index in [4.69, 9.17) is 10.5 Å². The number of hydrogen-bond acceptors (Lipinski definition) is 3. The number of fused-ring (bicyclic) bond motifs is 1. The minimum atomic E-state index is 0.512. The normalized spacial score (nSPS) is 10.6. The van der Waals surface area contributed by atoms with Gasteiger partial charge in [-0.1, -0.05) is 6.92 Å². The molecule has 0 spiro atoms. The van der Waals surface area contributed by atoms with Crippen LogP contribution in [0, 0.1) is 0 Å². The van der Waals surface area contributed by atoms with Crippen LogP contribution in [0.25, 0.3) is 5.52 Å². The van der Waals surface area contributed by atoms with Crippen molar-refractivity contribution in [1.29, 1.82) is 0 Å². The Hall–Kier alpha value is -1.71. The number of nitrogens with zero attached hydrogens (tertiary/aromatic N) is 2. The summed E-state index contributed by atoms with van der Waals surface area (Å²) in [6.07, 6.45) is 2.84. The predicted molar refractivity (Wildman–Crippen MR) is 55.4 cm³/mol. The molecule has 0 atom stereocenters. The topological polar surface area (TPSA) is 52.5 Å². The summed E-state index contributed by atoms with van der Waals surface area (Å²) in [5, 5.41) is 4.10. The number of nitrogens with two attached hydrogens (primary N) is 1. The van der Waals surface area contributed by atoms with Crippen LogP contribution in [0.5, 0.6) is 5.75 Å². The molecule has 4 nitrogen and oxygen atoms in total. The van der Waals surface area contributed by atoms with Crippen molar-refractivity contribution in [2.75, 3.05) is 12.3 Å². The van der Waals surface area contributed by atoms with Gasteiger partial charge in [0, 0.05) is 12.3 Å². The van der Waals surface area contributed by atoms with Crippen LogP contribution in [0.2, 0.25) is 0 Å². The Kier molecular flexibility index (Phi) is 2.26. The van der Waals surface area contributed by atoms with Gasteiger partial charge in [-0.25, -0.2) is 4.52 Å². The smallest absolute Gasteiger partial charge is 0.146 e. The second kappa shape index (κ2) is 3.57. The summed E-state index contributed by atoms with van der Waals surface area (Å²) in [6, 6.07) is 5.63. The summed E-state index contributed by atoms with van der Waals surface area (Å²) in [6.45, 7) is 2.79. The fourth-order valence-corrected chi connectivity index (χ4v) is 1.34. The first-order valence-corrected chi connectivity index (χ1v) is 4.68. The van der Waals surface area contributed by atoms with E-state index < -0.39 is 0 Å². The summed E-state index contributed by atoms with van der Waals surface area (Å²) in [5.74, 6) is 1.34. The Bertz CT molecular complexity index is 436. The van der Waals surface area contributed by atoms with Crippen molar-refractivity contribution >= 4 is 11.3 Å². The highest BCUT2D eigenvalue weighted by atomic mass is 16.5. The fourth-order valence-electron chi connectivity index (χ4n) is 1.34. The number of hydrogen-bond donors (Lipinski definition) is 1. The van der Waals surface area contributed by atoms with Crippen molar-refractivity contribution < 1.29 is 4.74 Å². The van der Waals surface area contributed by atoms with Crippen molar-refractivity contribution in [2.24, 2.45) is 0 Å². The van der Waals surface area contributed by atoms with Crippen LogP contribution in [-0.4, -0.2) is 16.2 Å². The molecule has 0 radical (unpaired) electrons. The van der Waals surface area contributed by atoms with E-state index in [2.05, 4.69) is 12.0 Å². The third-order valence-corrected chi connectivity index (χ3v) is 1.94. The molecule has 0 saturated carbocycles. The first kappa shape index (κ1) is 8.87. The average Bonchev–Trinajstić information content (AvgIpc) is 2.55. The van der Waals surface area contributed by atoms with Crippen LogP contribution >= 0.6 is 0 Å². The molecule has 0 bridgehead atoms. The Balaban J connectivity index is 2.42. The molecule has 0 unspecified atom stereocenters. The van der Waals surface area contributed by atoms with Gasteiger partial charge in [0.25, 0.3) is 0 Å². The van der Waals surface area contributed by atoms with E-state index in [0.717, 1.165) is 17.7 Å². The van der Waals surface area contributed by atoms with Crippen LogP contribution < -0.4 is 10.5 Å². The van der Waals surface area contributed by atoms with Crippen LogP contribution in [0.3, 0.4) is 0 Å². The summed E-state index contributed by atoms with van der Waals surface area (Å²) in [7, 11) is 0. The highest BCUT2D eigenvalue weighted by Gasteiger charge is 2.03. The molecule has 0 amide bonds. The van der Waals surface area contributed by atoms with Gasteiger partial charge in [0.1, 0.15) is 17.1 Å². The van der Waals surface area contributed by atoms with Gasteiger partial charge in [-0.15, -0.1) is 0 Å². The molecule has 2 N–H and O–H groups in total. The molecule has 2 heterocycles. The van der Waals surface area contributed by atoms with Crippen molar-refractivity contribution in [3.05, 3.63) is 24.4 Å². The van der Waals surface area contributed by atoms with Crippen molar-refractivity contribution in [3.63, 3.8) is 0 Å². The predicted octanol–water partition coefficient (Wildman–Crippen LogP) is 1.71. The van der Waals surface area contributed by atoms with Gasteiger partial charge < -0.3 is 10.5 Å². The SMILES string of the molecule is CCCOc1cccn2nc(N)cc12. The second-order valence-electron chi connectivity index (χ2n) is 3.12. The van der Waals surface area contributed by atoms with Gasteiger partial charge in [0.05, 0.1) is 6.61 Å². The van der Waals surface area contributed by atoms with Crippen molar-refractivity contribution in [1.82, 2.24) is 9.61 Å². The highest BCUT2D eigenvalue weighted by Crippen LogP contribution is 2.20. The first-order valence-electron chi connectivity index (χ1n) is 4.68. The minimum absolute atomic E-state index is 0.512. The lowest BCUT2D eigenvalue weighted by atomic mass is 10.3. The minimum Gasteiger partial charge on any atom is -0.491 e. The number of nitrogen functional groups attached to an aromatic ring is 1. The van der Waals surface area contributed by atoms with E-state index in [1.165, 1.54) is 0 Å². The quantitative estimate of drug-likeness (QED) is 0.803. The van der Waals surface area contributed by atoms with Gasteiger partial charge in [0.15, 0.2) is 0 Å². The molecule has 74 valence electrons. The van der Waals surface area contributed by atoms with E-state index in [0.29, 0.717) is 12.4 Å². The number of pyridine rings is 1. The third kappa shape index (κ3) is 1.51. The van der Waals surface area contributed by atoms with Crippen molar-refractivity contribution in [2.45, 2.75) is 13.3 Å². The van der Waals surface area contributed by atoms with Gasteiger partial charge in [0.2, 0.25) is 0 Å². The Labute approximate surface area is 82.3 Å². The third-order valence-electron chi connectivity index (χ3n) is 1.94. The molecule has 0 fully saturated rings. The summed E-state index contributed by atoms with van der Waals surface area (Å²) < 4.78 is 7.29. The zero-order chi connectivity index (χ0) is 9.97. The van der Waals surface area contributed by atoms with Crippen LogP contribution in [0.4, 0.5) is 5.82 Å². The number of anilines is 1. The van der Waals surface area contributed by atoms with Crippen LogP contribution in [0.15, 0.2) is 24.4 Å². The maximum absolute atomic E-state index is 5.60. The molecular formula is C10H13N3O. The molecule has 0 aliphatic rings. The van der Waals surface area contributed by atoms with E-state index >= 15 is 0 Å². The van der Waals surface area contributed by atoms with Gasteiger partial charge in [-0.3, -0.25) is 0 Å². The van der Waals surface area contributed by atoms with Crippen molar-refractivity contribution in [3.8, 4) is 5.75 Å². The molecule has 4 heteroatoms. The maximum Gasteiger partial charge on any atom is 0.146 e. The second-order valence-corrected chi connectivity index (χ2v) is 3.12. The van der Waals surface area contributed by atoms with Gasteiger partial charge in [-0.05, 0) is 18.6 Å². The molecule has 2 aromatic heterocycles. The zero-order valence-corrected chi connectivity index (χ0v) is 8.10. The lowest BCUT2D eigenvalue weighted by Crippen LogP contribution is -1.97. The van der Waals surface area contributed by atoms with Crippen LogP contribution in [-0.2, 0) is 0 Å². The molecule has 14 heavy (non-hydrogen) atoms. The Morgan fingerprint density at radius 2 is 2.43 bits per heavy atom. The lowest BCUT2D eigenvalue weighted by Gasteiger charge is -2.04. The van der Waals surface area contributed by atoms with Gasteiger partial charge >= 0.3 is 0 Å². The number of rotatable bonds is 3. The first-order chi connectivity index (χ1) is 6.81. The number of aromatic nitrogens is 2. The fraction of sp³-hybridized carbons (Fsp3) is 0.300. The molecular weight excluding hydrogens is 178 g/mol. The zero-order valence-electron chi connectivity index (χ0n) is 8.10. The van der Waals surface area contributed by atoms with E-state index in [9.17, 15) is 0 Å². The Morgan fingerprint density at radius 3 is 3.21 bits per heavy atom.